The van der Waals surface area contributed by atoms with Crippen molar-refractivity contribution in [2.75, 3.05) is 43.2 Å². The minimum absolute atomic E-state index is 0. The van der Waals surface area contributed by atoms with Crippen molar-refractivity contribution in [1.82, 2.24) is 0 Å². The van der Waals surface area contributed by atoms with E-state index in [0.29, 0.717) is 24.6 Å². The maximum Gasteiger partial charge on any atom is 0.141 e. The van der Waals surface area contributed by atoms with E-state index < -0.39 is 5.82 Å². The Morgan fingerprint density at radius 1 is 1.12 bits per heavy atom. The van der Waals surface area contributed by atoms with E-state index >= 15 is 0 Å². The van der Waals surface area contributed by atoms with Crippen LogP contribution in [0.15, 0.2) is 60.2 Å². The van der Waals surface area contributed by atoms with E-state index in [1.165, 1.54) is 43.5 Å². The van der Waals surface area contributed by atoms with E-state index in [4.69, 9.17) is 20.8 Å². The van der Waals surface area contributed by atoms with Crippen molar-refractivity contribution in [3.8, 4) is 6.07 Å². The van der Waals surface area contributed by atoms with Crippen molar-refractivity contribution in [2.24, 2.45) is 11.7 Å². The molecule has 0 saturated carbocycles. The summed E-state index contributed by atoms with van der Waals surface area (Å²) in [6.45, 7) is 13.5. The van der Waals surface area contributed by atoms with Crippen LogP contribution in [-0.2, 0) is 4.74 Å². The summed E-state index contributed by atoms with van der Waals surface area (Å²) < 4.78 is 20.4. The molecule has 1 aliphatic heterocycles. The second-order valence-corrected chi connectivity index (χ2v) is 12.6. The van der Waals surface area contributed by atoms with E-state index in [0.717, 1.165) is 61.6 Å². The van der Waals surface area contributed by atoms with E-state index in [1.54, 1.807) is 6.07 Å². The molecule has 1 saturated heterocycles. The molecule has 2 unspecified atom stereocenters. The summed E-state index contributed by atoms with van der Waals surface area (Å²) in [5, 5.41) is 18.1. The number of rotatable bonds is 17. The largest absolute Gasteiger partial charge is 0.396 e. The maximum atomic E-state index is 14.5. The fraction of sp³-hybridized carbons (Fsp3) is 0.550. The van der Waals surface area contributed by atoms with Gasteiger partial charge < -0.3 is 25.4 Å². The van der Waals surface area contributed by atoms with Gasteiger partial charge in [-0.15, -0.1) is 6.08 Å². The zero-order valence-electron chi connectivity index (χ0n) is 30.4. The van der Waals surface area contributed by atoms with Gasteiger partial charge in [0.2, 0.25) is 0 Å². The zero-order valence-corrected chi connectivity index (χ0v) is 34.5. The number of nitriles is 1. The number of benzene rings is 2. The first kappa shape index (κ1) is 43.8. The van der Waals surface area contributed by atoms with Gasteiger partial charge in [-0.05, 0) is 85.7 Å². The molecule has 0 amide bonds. The molecule has 1 heterocycles. The molecule has 48 heavy (non-hydrogen) atoms. The Morgan fingerprint density at radius 3 is 2.35 bits per heavy atom. The van der Waals surface area contributed by atoms with E-state index in [-0.39, 0.29) is 49.4 Å². The van der Waals surface area contributed by atoms with Crippen molar-refractivity contribution >= 4 is 17.1 Å². The van der Waals surface area contributed by atoms with Gasteiger partial charge >= 0.3 is 0 Å². The van der Waals surface area contributed by atoms with Gasteiger partial charge in [0.05, 0.1) is 11.7 Å². The molecule has 3 rings (SSSR count). The smallest absolute Gasteiger partial charge is 0.141 e. The number of anilines is 2. The van der Waals surface area contributed by atoms with Crippen LogP contribution in [-0.4, -0.2) is 50.6 Å². The van der Waals surface area contributed by atoms with Crippen LogP contribution in [0.25, 0.3) is 5.70 Å². The molecule has 6 nitrogen and oxygen atoms in total. The number of nitrogens with two attached hydrogens (primary N) is 1. The average Bonchev–Trinajstić information content (AvgIpc) is 3.10. The zero-order chi connectivity index (χ0) is 34.6. The molecule has 0 aliphatic carbocycles. The molecule has 2 aromatic carbocycles. The SMILES string of the molecule is CCC(C)CCCC(N)CC.C[CH-]C(=C/CC)/C=C(/c1ccc(C#N)c(F)c1)N(C)c1ccc(N2CCC(OCCCO)CC2)cc1.[U]. The standard InChI is InChI=1S/C30H37FN3O2.C10H23N.U/c1-4-7-23(5-2)20-30(24-8-9-25(22-32)29(31)21-24)33(3)26-10-12-27(13-11-26)34-16-14-28(15-17-34)36-19-6-18-35;1-4-9(3)7-6-8-10(11)5-2;/h5,7-13,20-21,28,35H,4,6,14-19H2,1-3H3;9-10H,4-8,11H2,1-3H3;/q-1;;/b23-7-,30-20-;;. The summed E-state index contributed by atoms with van der Waals surface area (Å²) in [4.78, 5) is 4.43. The average molecular weight is 886 g/mol. The van der Waals surface area contributed by atoms with E-state index in [1.807, 2.05) is 26.5 Å². The molecule has 264 valence electrons. The van der Waals surface area contributed by atoms with Crippen molar-refractivity contribution in [2.45, 2.75) is 105 Å². The number of nitrogens with zero attached hydrogens (tertiary/aromatic N) is 3. The fourth-order valence-corrected chi connectivity index (χ4v) is 5.55. The van der Waals surface area contributed by atoms with Gasteiger partial charge in [-0.3, -0.25) is 0 Å². The summed E-state index contributed by atoms with van der Waals surface area (Å²) in [6, 6.07) is 15.5. The first-order chi connectivity index (χ1) is 22.7. The third kappa shape index (κ3) is 15.1. The summed E-state index contributed by atoms with van der Waals surface area (Å²) in [5.74, 6) is 0.369. The van der Waals surface area contributed by atoms with Gasteiger partial charge in [0.25, 0.3) is 0 Å². The third-order valence-electron chi connectivity index (χ3n) is 9.02. The summed E-state index contributed by atoms with van der Waals surface area (Å²) >= 11 is 0. The van der Waals surface area contributed by atoms with Gasteiger partial charge in [-0.25, -0.2) is 4.39 Å². The number of hydrogen-bond donors (Lipinski definition) is 2. The number of ether oxygens (including phenoxy) is 1. The van der Waals surface area contributed by atoms with Gasteiger partial charge in [-0.2, -0.15) is 23.3 Å². The number of piperidine rings is 1. The molecular formula is C40H60FN4O2U-. The fourth-order valence-electron chi connectivity index (χ4n) is 5.55. The summed E-state index contributed by atoms with van der Waals surface area (Å²) in [5.41, 5.74) is 10.6. The Labute approximate surface area is 315 Å². The quantitative estimate of drug-likeness (QED) is 0.0938. The minimum Gasteiger partial charge on any atom is -0.396 e. The Kier molecular flexibility index (Phi) is 22.6. The Balaban J connectivity index is 0.000000825. The summed E-state index contributed by atoms with van der Waals surface area (Å²) in [6.07, 6.45) is 16.3. The number of allylic oxidation sites excluding steroid dienone is 3. The van der Waals surface area contributed by atoms with Crippen LogP contribution >= 0.6 is 0 Å². The second-order valence-electron chi connectivity index (χ2n) is 12.6. The summed E-state index contributed by atoms with van der Waals surface area (Å²) in [7, 11) is 1.98. The van der Waals surface area contributed by atoms with Crippen molar-refractivity contribution in [1.29, 1.82) is 5.26 Å². The molecule has 1 aliphatic rings. The number of aliphatic hydroxyl groups excluding tert-OH is 1. The van der Waals surface area contributed by atoms with Crippen LogP contribution in [0.3, 0.4) is 0 Å². The van der Waals surface area contributed by atoms with Crippen LogP contribution in [0.5, 0.6) is 0 Å². The molecule has 8 heteroatoms. The van der Waals surface area contributed by atoms with Gasteiger partial charge in [0.1, 0.15) is 11.9 Å². The molecule has 2 aromatic rings. The van der Waals surface area contributed by atoms with Crippen molar-refractivity contribution in [3.63, 3.8) is 0 Å². The monoisotopic (exact) mass is 886 g/mol. The minimum atomic E-state index is -0.519. The maximum absolute atomic E-state index is 14.5. The Bertz CT molecular complexity index is 1260. The van der Waals surface area contributed by atoms with Crippen LogP contribution in [0.4, 0.5) is 15.8 Å². The Morgan fingerprint density at radius 2 is 1.81 bits per heavy atom. The van der Waals surface area contributed by atoms with Gasteiger partial charge in [0.15, 0.2) is 0 Å². The number of halogens is 1. The van der Waals surface area contributed by atoms with Crippen LogP contribution in [0, 0.1) is 60.6 Å². The molecule has 0 spiro atoms. The topological polar surface area (TPSA) is 85.8 Å². The predicted octanol–water partition coefficient (Wildman–Crippen LogP) is 9.04. The molecule has 0 bridgehead atoms. The Hall–Kier alpha value is -2.26. The van der Waals surface area contributed by atoms with Crippen LogP contribution in [0.2, 0.25) is 0 Å². The number of hydrogen-bond acceptors (Lipinski definition) is 6. The normalized spacial score (nSPS) is 15.0. The van der Waals surface area contributed by atoms with Gasteiger partial charge in [0, 0.05) is 81.9 Å². The second kappa shape index (κ2) is 24.8. The molecule has 1 fully saturated rings. The van der Waals surface area contributed by atoms with Crippen molar-refractivity contribution in [3.05, 3.63) is 83.6 Å². The predicted molar refractivity (Wildman–Crippen MR) is 197 cm³/mol. The van der Waals surface area contributed by atoms with Crippen LogP contribution < -0.4 is 15.5 Å². The van der Waals surface area contributed by atoms with E-state index in [2.05, 4.69) is 73.9 Å². The first-order valence-corrected chi connectivity index (χ1v) is 17.7. The number of aliphatic hydroxyl groups is 1. The molecule has 2 atom stereocenters. The molecule has 0 aromatic heterocycles. The molecular weight excluding hydrogens is 825 g/mol. The van der Waals surface area contributed by atoms with Gasteiger partial charge in [-0.1, -0.05) is 66.4 Å². The van der Waals surface area contributed by atoms with E-state index in [9.17, 15) is 4.39 Å². The molecule has 0 radical (unpaired) electrons. The first-order valence-electron chi connectivity index (χ1n) is 17.7. The van der Waals surface area contributed by atoms with Crippen molar-refractivity contribution < 1.29 is 45.3 Å². The van der Waals surface area contributed by atoms with Crippen LogP contribution in [0.1, 0.15) is 104 Å². The third-order valence-corrected chi connectivity index (χ3v) is 9.02. The molecule has 3 N–H and O–H groups in total.